The Morgan fingerprint density at radius 2 is 2.15 bits per heavy atom. The lowest BCUT2D eigenvalue weighted by molar-refractivity contribution is 0.0881. The van der Waals surface area contributed by atoms with Gasteiger partial charge >= 0.3 is 0 Å². The first kappa shape index (κ1) is 15.1. The van der Waals surface area contributed by atoms with Crippen molar-refractivity contribution >= 4 is 5.91 Å². The Balaban J connectivity index is 1.74. The minimum atomic E-state index is -0.0758. The first-order valence-electron chi connectivity index (χ1n) is 7.63. The molecule has 0 aliphatic carbocycles. The van der Waals surface area contributed by atoms with Crippen LogP contribution >= 0.6 is 0 Å². The zero-order valence-corrected chi connectivity index (χ0v) is 12.8. The van der Waals surface area contributed by atoms with E-state index in [4.69, 9.17) is 4.42 Å². The topological polar surface area (TPSA) is 45.5 Å². The maximum absolute atomic E-state index is 12.1. The van der Waals surface area contributed by atoms with E-state index in [2.05, 4.69) is 24.1 Å². The molecule has 20 heavy (non-hydrogen) atoms. The highest BCUT2D eigenvalue weighted by molar-refractivity contribution is 5.92. The number of furan rings is 1. The number of hydrogen-bond donors (Lipinski definition) is 1. The number of nitrogens with one attached hydrogen (secondary N) is 1. The Hall–Kier alpha value is -1.29. The van der Waals surface area contributed by atoms with Crippen LogP contribution < -0.4 is 5.32 Å². The summed E-state index contributed by atoms with van der Waals surface area (Å²) < 4.78 is 5.23. The molecular weight excluding hydrogens is 252 g/mol. The van der Waals surface area contributed by atoms with E-state index in [1.165, 1.54) is 13.0 Å². The molecule has 112 valence electrons. The summed E-state index contributed by atoms with van der Waals surface area (Å²) in [5.74, 6) is 1.13. The van der Waals surface area contributed by atoms with E-state index < -0.39 is 0 Å². The summed E-state index contributed by atoms with van der Waals surface area (Å²) in [6.07, 6.45) is 4.88. The molecule has 1 fully saturated rings. The quantitative estimate of drug-likeness (QED) is 0.901. The molecular formula is C16H26N2O2. The first-order valence-corrected chi connectivity index (χ1v) is 7.63. The SMILES string of the molecule is Cc1ccoc1C(=O)NC1CCN(CCC(C)C)CC1. The van der Waals surface area contributed by atoms with E-state index in [-0.39, 0.29) is 11.9 Å². The summed E-state index contributed by atoms with van der Waals surface area (Å²) in [7, 11) is 0. The van der Waals surface area contributed by atoms with Crippen LogP contribution in [0.1, 0.15) is 49.2 Å². The van der Waals surface area contributed by atoms with Crippen LogP contribution in [0.2, 0.25) is 0 Å². The molecule has 1 amide bonds. The fourth-order valence-corrected chi connectivity index (χ4v) is 2.60. The van der Waals surface area contributed by atoms with Gasteiger partial charge in [0.2, 0.25) is 0 Å². The van der Waals surface area contributed by atoms with Crippen molar-refractivity contribution in [2.75, 3.05) is 19.6 Å². The minimum Gasteiger partial charge on any atom is -0.459 e. The molecule has 2 heterocycles. The number of likely N-dealkylation sites (tertiary alicyclic amines) is 1. The molecule has 0 radical (unpaired) electrons. The largest absolute Gasteiger partial charge is 0.459 e. The van der Waals surface area contributed by atoms with Crippen molar-refractivity contribution < 1.29 is 9.21 Å². The molecule has 0 unspecified atom stereocenters. The second kappa shape index (κ2) is 6.93. The summed E-state index contributed by atoms with van der Waals surface area (Å²) in [6, 6.07) is 2.10. The van der Waals surface area contributed by atoms with Gasteiger partial charge in [-0.3, -0.25) is 4.79 Å². The number of amides is 1. The molecule has 1 aliphatic rings. The summed E-state index contributed by atoms with van der Waals surface area (Å²) in [4.78, 5) is 14.6. The van der Waals surface area contributed by atoms with Gasteiger partial charge in [0.1, 0.15) is 0 Å². The van der Waals surface area contributed by atoms with Gasteiger partial charge in [-0.25, -0.2) is 0 Å². The van der Waals surface area contributed by atoms with E-state index in [9.17, 15) is 4.79 Å². The van der Waals surface area contributed by atoms with Gasteiger partial charge in [-0.05, 0) is 44.7 Å². The second-order valence-corrected chi connectivity index (χ2v) is 6.20. The van der Waals surface area contributed by atoms with E-state index in [0.717, 1.165) is 37.4 Å². The zero-order chi connectivity index (χ0) is 14.5. The highest BCUT2D eigenvalue weighted by Gasteiger charge is 2.22. The lowest BCUT2D eigenvalue weighted by atomic mass is 10.0. The van der Waals surface area contributed by atoms with Crippen molar-refractivity contribution in [1.82, 2.24) is 10.2 Å². The van der Waals surface area contributed by atoms with Gasteiger partial charge in [-0.2, -0.15) is 0 Å². The number of hydrogen-bond acceptors (Lipinski definition) is 3. The molecule has 0 aromatic carbocycles. The number of aryl methyl sites for hydroxylation is 1. The molecule has 2 rings (SSSR count). The molecule has 1 aliphatic heterocycles. The lowest BCUT2D eigenvalue weighted by Gasteiger charge is -2.32. The average Bonchev–Trinajstić information content (AvgIpc) is 2.84. The van der Waals surface area contributed by atoms with Gasteiger partial charge < -0.3 is 14.6 Å². The Labute approximate surface area is 121 Å². The van der Waals surface area contributed by atoms with Crippen LogP contribution in [0.4, 0.5) is 0 Å². The molecule has 0 spiro atoms. The van der Waals surface area contributed by atoms with Crippen molar-refractivity contribution in [3.63, 3.8) is 0 Å². The van der Waals surface area contributed by atoms with Gasteiger partial charge in [-0.1, -0.05) is 13.8 Å². The van der Waals surface area contributed by atoms with Crippen LogP contribution in [0.5, 0.6) is 0 Å². The minimum absolute atomic E-state index is 0.0758. The molecule has 1 aromatic rings. The van der Waals surface area contributed by atoms with Crippen molar-refractivity contribution in [3.05, 3.63) is 23.7 Å². The summed E-state index contributed by atoms with van der Waals surface area (Å²) in [5, 5.41) is 3.09. The third-order valence-electron chi connectivity index (χ3n) is 4.01. The Bertz CT molecular complexity index is 431. The smallest absolute Gasteiger partial charge is 0.287 e. The third kappa shape index (κ3) is 4.10. The monoisotopic (exact) mass is 278 g/mol. The van der Waals surface area contributed by atoms with Crippen LogP contribution in [0, 0.1) is 12.8 Å². The average molecular weight is 278 g/mol. The predicted octanol–water partition coefficient (Wildman–Crippen LogP) is 2.83. The van der Waals surface area contributed by atoms with Gasteiger partial charge in [0, 0.05) is 24.7 Å². The van der Waals surface area contributed by atoms with Gasteiger partial charge in [0.25, 0.3) is 5.91 Å². The normalized spacial score (nSPS) is 17.6. The maximum atomic E-state index is 12.1. The third-order valence-corrected chi connectivity index (χ3v) is 4.01. The van der Waals surface area contributed by atoms with Gasteiger partial charge in [0.15, 0.2) is 5.76 Å². The number of rotatable bonds is 5. The molecule has 1 aromatic heterocycles. The van der Waals surface area contributed by atoms with E-state index >= 15 is 0 Å². The molecule has 0 bridgehead atoms. The summed E-state index contributed by atoms with van der Waals surface area (Å²) in [5.41, 5.74) is 0.900. The predicted molar refractivity (Wildman–Crippen MR) is 79.8 cm³/mol. The van der Waals surface area contributed by atoms with Crippen LogP contribution in [0.3, 0.4) is 0 Å². The van der Waals surface area contributed by atoms with Crippen molar-refractivity contribution in [2.24, 2.45) is 5.92 Å². The van der Waals surface area contributed by atoms with Crippen LogP contribution in [-0.2, 0) is 0 Å². The second-order valence-electron chi connectivity index (χ2n) is 6.20. The number of carbonyl (C=O) groups is 1. The van der Waals surface area contributed by atoms with E-state index in [0.29, 0.717) is 5.76 Å². The highest BCUT2D eigenvalue weighted by Crippen LogP contribution is 2.14. The van der Waals surface area contributed by atoms with Gasteiger partial charge in [0.05, 0.1) is 6.26 Å². The number of carbonyl (C=O) groups excluding carboxylic acids is 1. The van der Waals surface area contributed by atoms with E-state index in [1.807, 2.05) is 13.0 Å². The Morgan fingerprint density at radius 3 is 2.70 bits per heavy atom. The molecule has 4 heteroatoms. The van der Waals surface area contributed by atoms with Crippen LogP contribution in [-0.4, -0.2) is 36.5 Å². The standard InChI is InChI=1S/C16H26N2O2/c1-12(2)4-8-18-9-5-14(6-10-18)17-16(19)15-13(3)7-11-20-15/h7,11-12,14H,4-6,8-10H2,1-3H3,(H,17,19). The highest BCUT2D eigenvalue weighted by atomic mass is 16.3. The Kier molecular flexibility index (Phi) is 5.24. The van der Waals surface area contributed by atoms with Crippen molar-refractivity contribution in [2.45, 2.75) is 46.1 Å². The molecule has 1 saturated heterocycles. The van der Waals surface area contributed by atoms with Gasteiger partial charge in [-0.15, -0.1) is 0 Å². The van der Waals surface area contributed by atoms with E-state index in [1.54, 1.807) is 6.26 Å². The number of piperidine rings is 1. The lowest BCUT2D eigenvalue weighted by Crippen LogP contribution is -2.45. The fourth-order valence-electron chi connectivity index (χ4n) is 2.60. The van der Waals surface area contributed by atoms with Crippen molar-refractivity contribution in [1.29, 1.82) is 0 Å². The first-order chi connectivity index (χ1) is 9.56. The maximum Gasteiger partial charge on any atom is 0.287 e. The van der Waals surface area contributed by atoms with Crippen LogP contribution in [0.25, 0.3) is 0 Å². The fraction of sp³-hybridized carbons (Fsp3) is 0.688. The number of nitrogens with zero attached hydrogens (tertiary/aromatic N) is 1. The van der Waals surface area contributed by atoms with Crippen molar-refractivity contribution in [3.8, 4) is 0 Å². The summed E-state index contributed by atoms with van der Waals surface area (Å²) >= 11 is 0. The van der Waals surface area contributed by atoms with Crippen LogP contribution in [0.15, 0.2) is 16.7 Å². The zero-order valence-electron chi connectivity index (χ0n) is 12.8. The summed E-state index contributed by atoms with van der Waals surface area (Å²) in [6.45, 7) is 9.75. The molecule has 4 nitrogen and oxygen atoms in total. The molecule has 0 atom stereocenters. The molecule has 1 N–H and O–H groups in total. The Morgan fingerprint density at radius 1 is 1.45 bits per heavy atom. The molecule has 0 saturated carbocycles.